The summed E-state index contributed by atoms with van der Waals surface area (Å²) in [6, 6.07) is 7.92. The molecule has 3 rings (SSSR count). The molecule has 0 aliphatic carbocycles. The number of hydrogen-bond donors (Lipinski definition) is 1. The van der Waals surface area contributed by atoms with Crippen LogP contribution in [0.2, 0.25) is 0 Å². The van der Waals surface area contributed by atoms with Crippen LogP contribution in [0.3, 0.4) is 0 Å². The highest BCUT2D eigenvalue weighted by atomic mass is 16.5. The van der Waals surface area contributed by atoms with Gasteiger partial charge in [0, 0.05) is 5.92 Å². The first-order chi connectivity index (χ1) is 11.3. The number of quaternary nitrogens is 1. The Balaban J connectivity index is 1.53. The quantitative estimate of drug-likeness (QED) is 0.845. The zero-order valence-corrected chi connectivity index (χ0v) is 14.1. The molecule has 0 amide bonds. The minimum Gasteiger partial charge on any atom is -0.494 e. The van der Waals surface area contributed by atoms with Crippen LogP contribution in [0.1, 0.15) is 49.4 Å². The van der Waals surface area contributed by atoms with Crippen molar-refractivity contribution in [3.05, 3.63) is 29.8 Å². The van der Waals surface area contributed by atoms with Gasteiger partial charge in [-0.05, 0) is 63.3 Å². The summed E-state index contributed by atoms with van der Waals surface area (Å²) in [5.74, 6) is 1.11. The Kier molecular flexibility index (Phi) is 5.55. The van der Waals surface area contributed by atoms with Crippen molar-refractivity contribution in [2.45, 2.75) is 45.1 Å². The van der Waals surface area contributed by atoms with Crippen molar-refractivity contribution < 1.29 is 19.2 Å². The number of nitrogens with one attached hydrogen (secondary N) is 1. The van der Waals surface area contributed by atoms with E-state index in [1.807, 2.05) is 19.1 Å². The maximum Gasteiger partial charge on any atom is 0.338 e. The zero-order valence-electron chi connectivity index (χ0n) is 14.1. The van der Waals surface area contributed by atoms with Crippen molar-refractivity contribution in [2.24, 2.45) is 5.92 Å². The minimum atomic E-state index is -0.212. The summed E-state index contributed by atoms with van der Waals surface area (Å²) in [5.41, 5.74) is 0.608. The minimum absolute atomic E-state index is 0.212. The first-order valence-corrected chi connectivity index (χ1v) is 9.02. The lowest BCUT2D eigenvalue weighted by molar-refractivity contribution is -0.940. The molecule has 1 unspecified atom stereocenters. The third kappa shape index (κ3) is 4.05. The number of carbonyl (C=O) groups excluding carboxylic acids is 1. The van der Waals surface area contributed by atoms with Crippen molar-refractivity contribution >= 4 is 5.97 Å². The van der Waals surface area contributed by atoms with Gasteiger partial charge in [0.25, 0.3) is 0 Å². The maximum atomic E-state index is 12.2. The van der Waals surface area contributed by atoms with Crippen molar-refractivity contribution in [2.75, 3.05) is 26.3 Å². The molecule has 0 bridgehead atoms. The van der Waals surface area contributed by atoms with Gasteiger partial charge in [-0.25, -0.2) is 4.79 Å². The van der Waals surface area contributed by atoms with Gasteiger partial charge in [0.2, 0.25) is 0 Å². The molecule has 126 valence electrons. The van der Waals surface area contributed by atoms with E-state index in [1.54, 1.807) is 17.0 Å². The van der Waals surface area contributed by atoms with E-state index in [0.29, 0.717) is 30.7 Å². The number of benzene rings is 1. The molecule has 1 aromatic carbocycles. The van der Waals surface area contributed by atoms with Crippen LogP contribution in [0, 0.1) is 5.92 Å². The van der Waals surface area contributed by atoms with Crippen LogP contribution in [-0.4, -0.2) is 38.3 Å². The van der Waals surface area contributed by atoms with E-state index in [1.165, 1.54) is 45.2 Å². The van der Waals surface area contributed by atoms with Gasteiger partial charge in [-0.3, -0.25) is 0 Å². The summed E-state index contributed by atoms with van der Waals surface area (Å²) in [5, 5.41) is 0. The molecule has 1 N–H and O–H groups in total. The van der Waals surface area contributed by atoms with Crippen LogP contribution in [0.15, 0.2) is 24.3 Å². The molecule has 3 atom stereocenters. The molecule has 0 aromatic heterocycles. The van der Waals surface area contributed by atoms with Gasteiger partial charge >= 0.3 is 5.97 Å². The maximum absolute atomic E-state index is 12.2. The van der Waals surface area contributed by atoms with Crippen molar-refractivity contribution in [3.63, 3.8) is 0 Å². The second kappa shape index (κ2) is 7.82. The normalized spacial score (nSPS) is 27.1. The number of esters is 1. The molecule has 2 aliphatic rings. The van der Waals surface area contributed by atoms with Crippen LogP contribution in [-0.2, 0) is 4.74 Å². The lowest BCUT2D eigenvalue weighted by atomic mass is 9.84. The third-order valence-corrected chi connectivity index (χ3v) is 5.26. The molecule has 0 spiro atoms. The Morgan fingerprint density at radius 1 is 1.13 bits per heavy atom. The number of fused-ring (bicyclic) bond motifs is 1. The highest BCUT2D eigenvalue weighted by Crippen LogP contribution is 2.21. The molecule has 0 saturated carbocycles. The fourth-order valence-electron chi connectivity index (χ4n) is 4.10. The average Bonchev–Trinajstić information content (AvgIpc) is 2.60. The second-order valence-corrected chi connectivity index (χ2v) is 6.72. The van der Waals surface area contributed by atoms with Crippen LogP contribution < -0.4 is 9.64 Å². The summed E-state index contributed by atoms with van der Waals surface area (Å²) in [4.78, 5) is 14.0. The molecule has 4 nitrogen and oxygen atoms in total. The van der Waals surface area contributed by atoms with Gasteiger partial charge in [-0.1, -0.05) is 0 Å². The van der Waals surface area contributed by atoms with Gasteiger partial charge < -0.3 is 14.4 Å². The summed E-state index contributed by atoms with van der Waals surface area (Å²) >= 11 is 0. The number of hydrogen-bond acceptors (Lipinski definition) is 3. The highest BCUT2D eigenvalue weighted by molar-refractivity contribution is 5.89. The SMILES string of the molecule is CCOc1ccc(C(=O)OC[C@@H]2CCC[NH+]3CCCC[C@@H]23)cc1. The van der Waals surface area contributed by atoms with Crippen molar-refractivity contribution in [1.82, 2.24) is 0 Å². The Labute approximate surface area is 138 Å². The summed E-state index contributed by atoms with van der Waals surface area (Å²) < 4.78 is 11.0. The van der Waals surface area contributed by atoms with Gasteiger partial charge in [-0.15, -0.1) is 0 Å². The third-order valence-electron chi connectivity index (χ3n) is 5.26. The van der Waals surface area contributed by atoms with Crippen LogP contribution in [0.5, 0.6) is 5.75 Å². The Hall–Kier alpha value is -1.55. The fraction of sp³-hybridized carbons (Fsp3) is 0.632. The van der Waals surface area contributed by atoms with E-state index in [0.717, 1.165) is 5.75 Å². The van der Waals surface area contributed by atoms with E-state index < -0.39 is 0 Å². The van der Waals surface area contributed by atoms with Gasteiger partial charge in [-0.2, -0.15) is 0 Å². The average molecular weight is 318 g/mol. The second-order valence-electron chi connectivity index (χ2n) is 6.72. The number of carbonyl (C=O) groups is 1. The monoisotopic (exact) mass is 318 g/mol. The van der Waals surface area contributed by atoms with Crippen molar-refractivity contribution in [3.8, 4) is 5.75 Å². The molecular formula is C19H28NO3+. The molecule has 0 radical (unpaired) electrons. The molecule has 1 aromatic rings. The Morgan fingerprint density at radius 3 is 2.70 bits per heavy atom. The molecule has 2 aliphatic heterocycles. The highest BCUT2D eigenvalue weighted by Gasteiger charge is 2.37. The Bertz CT molecular complexity index is 512. The Morgan fingerprint density at radius 2 is 1.91 bits per heavy atom. The molecule has 4 heteroatoms. The van der Waals surface area contributed by atoms with E-state index >= 15 is 0 Å². The summed E-state index contributed by atoms with van der Waals surface area (Å²) in [6.45, 7) is 5.75. The van der Waals surface area contributed by atoms with Gasteiger partial charge in [0.05, 0.1) is 31.3 Å². The van der Waals surface area contributed by atoms with Crippen LogP contribution in [0.25, 0.3) is 0 Å². The van der Waals surface area contributed by atoms with Gasteiger partial charge in [0.1, 0.15) is 12.4 Å². The zero-order chi connectivity index (χ0) is 16.1. The summed E-state index contributed by atoms with van der Waals surface area (Å²) in [6.07, 6.45) is 6.43. The predicted molar refractivity (Wildman–Crippen MR) is 89.0 cm³/mol. The van der Waals surface area contributed by atoms with E-state index in [2.05, 4.69) is 0 Å². The van der Waals surface area contributed by atoms with E-state index in [4.69, 9.17) is 9.47 Å². The van der Waals surface area contributed by atoms with E-state index in [-0.39, 0.29) is 5.97 Å². The van der Waals surface area contributed by atoms with Crippen LogP contribution in [0.4, 0.5) is 0 Å². The number of piperidine rings is 2. The topological polar surface area (TPSA) is 40.0 Å². The largest absolute Gasteiger partial charge is 0.494 e. The first-order valence-electron chi connectivity index (χ1n) is 9.02. The fourth-order valence-corrected chi connectivity index (χ4v) is 4.10. The summed E-state index contributed by atoms with van der Waals surface area (Å²) in [7, 11) is 0. The molecule has 23 heavy (non-hydrogen) atoms. The lowest BCUT2D eigenvalue weighted by Crippen LogP contribution is -3.18. The number of ether oxygens (including phenoxy) is 2. The molecule has 2 saturated heterocycles. The predicted octanol–water partition coefficient (Wildman–Crippen LogP) is 2.09. The molecular weight excluding hydrogens is 290 g/mol. The van der Waals surface area contributed by atoms with Gasteiger partial charge in [0.15, 0.2) is 0 Å². The molecule has 2 heterocycles. The first kappa shape index (κ1) is 16.3. The molecule has 2 fully saturated rings. The van der Waals surface area contributed by atoms with Crippen LogP contribution >= 0.6 is 0 Å². The number of rotatable bonds is 5. The van der Waals surface area contributed by atoms with Crippen molar-refractivity contribution in [1.29, 1.82) is 0 Å². The smallest absolute Gasteiger partial charge is 0.338 e. The standard InChI is InChI=1S/C19H27NO3/c1-2-22-17-10-8-15(9-11-17)19(21)23-14-16-6-5-13-20-12-4-3-7-18(16)20/h8-11,16,18H,2-7,12-14H2,1H3/p+1/t16-,18-/m0/s1. The van der Waals surface area contributed by atoms with E-state index in [9.17, 15) is 4.79 Å². The lowest BCUT2D eigenvalue weighted by Gasteiger charge is -2.40.